The van der Waals surface area contributed by atoms with Crippen molar-refractivity contribution in [1.82, 2.24) is 15.1 Å². The van der Waals surface area contributed by atoms with Crippen LogP contribution in [0.2, 0.25) is 0 Å². The van der Waals surface area contributed by atoms with Crippen LogP contribution in [-0.2, 0) is 0 Å². The number of benzene rings is 1. The maximum absolute atomic E-state index is 4.56. The molecule has 1 N–H and O–H groups in total. The number of rotatable bonds is 6. The van der Waals surface area contributed by atoms with E-state index in [9.17, 15) is 0 Å². The van der Waals surface area contributed by atoms with E-state index in [1.807, 2.05) is 18.8 Å². The molecular formula is C21H35IN4S. The zero-order valence-corrected chi connectivity index (χ0v) is 19.9. The zero-order chi connectivity index (χ0) is 18.2. The van der Waals surface area contributed by atoms with Gasteiger partial charge in [-0.25, -0.2) is 0 Å². The van der Waals surface area contributed by atoms with Crippen molar-refractivity contribution >= 4 is 41.7 Å². The molecule has 2 unspecified atom stereocenters. The molecule has 152 valence electrons. The Hall–Kier alpha value is -0.470. The lowest BCUT2D eigenvalue weighted by Crippen LogP contribution is -2.45. The molecule has 6 heteroatoms. The lowest BCUT2D eigenvalue weighted by Gasteiger charge is -2.33. The summed E-state index contributed by atoms with van der Waals surface area (Å²) in [7, 11) is 1.92. The molecule has 0 spiro atoms. The molecule has 2 saturated heterocycles. The fourth-order valence-electron chi connectivity index (χ4n) is 4.06. The molecular weight excluding hydrogens is 467 g/mol. The molecule has 2 fully saturated rings. The summed E-state index contributed by atoms with van der Waals surface area (Å²) in [6.45, 7) is 9.27. The van der Waals surface area contributed by atoms with Gasteiger partial charge >= 0.3 is 0 Å². The molecule has 0 bridgehead atoms. The van der Waals surface area contributed by atoms with E-state index in [0.717, 1.165) is 37.4 Å². The molecule has 27 heavy (non-hydrogen) atoms. The van der Waals surface area contributed by atoms with Gasteiger partial charge in [-0.05, 0) is 56.3 Å². The summed E-state index contributed by atoms with van der Waals surface area (Å²) in [6.07, 6.45) is 3.95. The fraction of sp³-hybridized carbons (Fsp3) is 0.667. The summed E-state index contributed by atoms with van der Waals surface area (Å²) in [5.74, 6) is 3.81. The van der Waals surface area contributed by atoms with Crippen molar-refractivity contribution in [1.29, 1.82) is 0 Å². The van der Waals surface area contributed by atoms with Gasteiger partial charge in [0.05, 0.1) is 0 Å². The molecule has 1 aromatic rings. The highest BCUT2D eigenvalue weighted by Gasteiger charge is 2.26. The molecule has 2 aliphatic rings. The largest absolute Gasteiger partial charge is 0.356 e. The average Bonchev–Trinajstić information content (AvgIpc) is 3.17. The average molecular weight is 503 g/mol. The normalized spacial score (nSPS) is 23.9. The smallest absolute Gasteiger partial charge is 0.193 e. The molecule has 0 radical (unpaired) electrons. The maximum atomic E-state index is 4.56. The standard InChI is InChI=1S/C21H34N4S.HI/c1-3-24-12-7-8-18(15-24)14-23-21(22-2)25-13-11-19(16-25)17-26-20-9-5-4-6-10-20;/h4-6,9-10,18-19H,3,7-8,11-17H2,1-2H3,(H,22,23);1H. The first-order valence-corrected chi connectivity index (χ1v) is 11.1. The highest BCUT2D eigenvalue weighted by atomic mass is 127. The zero-order valence-electron chi connectivity index (χ0n) is 16.8. The van der Waals surface area contributed by atoms with Gasteiger partial charge in [-0.3, -0.25) is 4.99 Å². The van der Waals surface area contributed by atoms with E-state index in [2.05, 4.69) is 57.4 Å². The Kier molecular flexibility index (Phi) is 10.3. The van der Waals surface area contributed by atoms with Crippen molar-refractivity contribution in [3.63, 3.8) is 0 Å². The first-order valence-electron chi connectivity index (χ1n) is 10.1. The summed E-state index contributed by atoms with van der Waals surface area (Å²) in [5.41, 5.74) is 0. The number of aliphatic imine (C=N–C) groups is 1. The summed E-state index contributed by atoms with van der Waals surface area (Å²) in [4.78, 5) is 11.0. The van der Waals surface area contributed by atoms with Crippen molar-refractivity contribution in [2.75, 3.05) is 52.1 Å². The predicted molar refractivity (Wildman–Crippen MR) is 128 cm³/mol. The van der Waals surface area contributed by atoms with Gasteiger partial charge in [0.15, 0.2) is 5.96 Å². The molecule has 2 heterocycles. The van der Waals surface area contributed by atoms with Crippen LogP contribution in [0.1, 0.15) is 26.2 Å². The fourth-order valence-corrected chi connectivity index (χ4v) is 5.11. The second kappa shape index (κ2) is 12.2. The van der Waals surface area contributed by atoms with Gasteiger partial charge in [0.25, 0.3) is 0 Å². The van der Waals surface area contributed by atoms with E-state index in [-0.39, 0.29) is 24.0 Å². The number of hydrogen-bond donors (Lipinski definition) is 1. The Morgan fingerprint density at radius 1 is 1.15 bits per heavy atom. The van der Waals surface area contributed by atoms with Crippen molar-refractivity contribution in [3.05, 3.63) is 30.3 Å². The monoisotopic (exact) mass is 502 g/mol. The minimum absolute atomic E-state index is 0. The molecule has 0 amide bonds. The Balaban J connectivity index is 0.00000261. The van der Waals surface area contributed by atoms with Crippen LogP contribution < -0.4 is 5.32 Å². The Bertz CT molecular complexity index is 569. The third-order valence-corrected chi connectivity index (χ3v) is 6.87. The second-order valence-corrected chi connectivity index (χ2v) is 8.65. The number of halogens is 1. The van der Waals surface area contributed by atoms with Crippen LogP contribution in [0, 0.1) is 11.8 Å². The van der Waals surface area contributed by atoms with E-state index >= 15 is 0 Å². The number of guanidine groups is 1. The van der Waals surface area contributed by atoms with Crippen LogP contribution in [0.15, 0.2) is 40.2 Å². The summed E-state index contributed by atoms with van der Waals surface area (Å²) in [5, 5.41) is 3.66. The van der Waals surface area contributed by atoms with E-state index in [1.54, 1.807) is 0 Å². The van der Waals surface area contributed by atoms with Gasteiger partial charge in [0, 0.05) is 43.9 Å². The third-order valence-electron chi connectivity index (χ3n) is 5.63. The number of thioether (sulfide) groups is 1. The first kappa shape index (κ1) is 22.8. The molecule has 2 atom stereocenters. The van der Waals surface area contributed by atoms with Crippen molar-refractivity contribution in [3.8, 4) is 0 Å². The van der Waals surface area contributed by atoms with Gasteiger partial charge in [-0.2, -0.15) is 0 Å². The molecule has 0 saturated carbocycles. The van der Waals surface area contributed by atoms with E-state index in [0.29, 0.717) is 0 Å². The quantitative estimate of drug-likeness (QED) is 0.276. The summed E-state index contributed by atoms with van der Waals surface area (Å²) >= 11 is 1.99. The third kappa shape index (κ3) is 7.13. The summed E-state index contributed by atoms with van der Waals surface area (Å²) < 4.78 is 0. The molecule has 1 aromatic carbocycles. The van der Waals surface area contributed by atoms with Crippen LogP contribution >= 0.6 is 35.7 Å². The minimum Gasteiger partial charge on any atom is -0.356 e. The van der Waals surface area contributed by atoms with Crippen LogP contribution in [-0.4, -0.2) is 67.8 Å². The van der Waals surface area contributed by atoms with Gasteiger partial charge in [-0.15, -0.1) is 35.7 Å². The van der Waals surface area contributed by atoms with E-state index in [1.165, 1.54) is 49.5 Å². The van der Waals surface area contributed by atoms with Gasteiger partial charge < -0.3 is 15.1 Å². The van der Waals surface area contributed by atoms with E-state index in [4.69, 9.17) is 0 Å². The Morgan fingerprint density at radius 2 is 1.96 bits per heavy atom. The van der Waals surface area contributed by atoms with Crippen LogP contribution in [0.4, 0.5) is 0 Å². The highest BCUT2D eigenvalue weighted by molar-refractivity contribution is 14.0. The Morgan fingerprint density at radius 3 is 2.70 bits per heavy atom. The van der Waals surface area contributed by atoms with Crippen LogP contribution in [0.5, 0.6) is 0 Å². The molecule has 0 aliphatic carbocycles. The van der Waals surface area contributed by atoms with Crippen molar-refractivity contribution in [2.45, 2.75) is 31.1 Å². The molecule has 3 rings (SSSR count). The number of likely N-dealkylation sites (tertiary alicyclic amines) is 2. The SMILES string of the molecule is CCN1CCCC(CNC(=NC)N2CCC(CSc3ccccc3)C2)C1.I. The minimum atomic E-state index is 0. The molecule has 4 nitrogen and oxygen atoms in total. The maximum Gasteiger partial charge on any atom is 0.193 e. The van der Waals surface area contributed by atoms with Crippen LogP contribution in [0.25, 0.3) is 0 Å². The second-order valence-electron chi connectivity index (χ2n) is 7.55. The lowest BCUT2D eigenvalue weighted by molar-refractivity contribution is 0.183. The number of nitrogens with zero attached hydrogens (tertiary/aromatic N) is 3. The van der Waals surface area contributed by atoms with Crippen molar-refractivity contribution < 1.29 is 0 Å². The van der Waals surface area contributed by atoms with Gasteiger partial charge in [0.2, 0.25) is 0 Å². The molecule has 2 aliphatic heterocycles. The number of hydrogen-bond acceptors (Lipinski definition) is 3. The highest BCUT2D eigenvalue weighted by Crippen LogP contribution is 2.26. The number of piperidine rings is 1. The first-order chi connectivity index (χ1) is 12.8. The predicted octanol–water partition coefficient (Wildman–Crippen LogP) is 4.03. The topological polar surface area (TPSA) is 30.9 Å². The number of nitrogens with one attached hydrogen (secondary N) is 1. The summed E-state index contributed by atoms with van der Waals surface area (Å²) in [6, 6.07) is 10.8. The van der Waals surface area contributed by atoms with Crippen LogP contribution in [0.3, 0.4) is 0 Å². The van der Waals surface area contributed by atoms with Gasteiger partial charge in [0.1, 0.15) is 0 Å². The van der Waals surface area contributed by atoms with Gasteiger partial charge in [-0.1, -0.05) is 25.1 Å². The molecule has 0 aromatic heterocycles. The van der Waals surface area contributed by atoms with Crippen molar-refractivity contribution in [2.24, 2.45) is 16.8 Å². The lowest BCUT2D eigenvalue weighted by atomic mass is 9.98. The van der Waals surface area contributed by atoms with E-state index < -0.39 is 0 Å². The Labute approximate surface area is 186 Å².